The molecule has 0 saturated heterocycles. The first kappa shape index (κ1) is 13.9. The Bertz CT molecular complexity index is 906. The summed E-state index contributed by atoms with van der Waals surface area (Å²) in [4.78, 5) is 4.61. The lowest BCUT2D eigenvalue weighted by Crippen LogP contribution is -2.26. The average Bonchev–Trinajstić information content (AvgIpc) is 2.97. The van der Waals surface area contributed by atoms with Gasteiger partial charge in [-0.3, -0.25) is 0 Å². The van der Waals surface area contributed by atoms with Crippen molar-refractivity contribution in [3.8, 4) is 6.07 Å². The van der Waals surface area contributed by atoms with E-state index in [4.69, 9.17) is 9.68 Å². The van der Waals surface area contributed by atoms with Crippen molar-refractivity contribution in [1.29, 1.82) is 5.26 Å². The molecule has 0 N–H and O–H groups in total. The maximum Gasteiger partial charge on any atom is 0.133 e. The summed E-state index contributed by atoms with van der Waals surface area (Å²) < 4.78 is 5.44. The Morgan fingerprint density at radius 2 is 2.00 bits per heavy atom. The highest BCUT2D eigenvalue weighted by atomic mass is 16.3. The van der Waals surface area contributed by atoms with Crippen LogP contribution in [0.5, 0.6) is 0 Å². The van der Waals surface area contributed by atoms with Crippen molar-refractivity contribution in [2.24, 2.45) is 0 Å². The summed E-state index contributed by atoms with van der Waals surface area (Å²) in [6.07, 6.45) is 1.72. The van der Waals surface area contributed by atoms with Crippen LogP contribution in [0, 0.1) is 11.3 Å². The first-order valence-corrected chi connectivity index (χ1v) is 7.71. The molecular weight excluding hydrogens is 286 g/mol. The number of nitriles is 1. The third-order valence-electron chi connectivity index (χ3n) is 4.39. The molecule has 1 aliphatic rings. The highest BCUT2D eigenvalue weighted by Crippen LogP contribution is 2.33. The molecule has 2 aromatic carbocycles. The fourth-order valence-electron chi connectivity index (χ4n) is 3.20. The maximum absolute atomic E-state index is 9.17. The highest BCUT2D eigenvalue weighted by Gasteiger charge is 2.20. The van der Waals surface area contributed by atoms with Gasteiger partial charge in [0.05, 0.1) is 17.9 Å². The van der Waals surface area contributed by atoms with E-state index in [1.165, 1.54) is 11.3 Å². The van der Waals surface area contributed by atoms with Crippen LogP contribution in [0.15, 0.2) is 53.1 Å². The number of hydrogen-bond donors (Lipinski definition) is 0. The lowest BCUT2D eigenvalue weighted by atomic mass is 10.1. The molecule has 3 aromatic rings. The highest BCUT2D eigenvalue weighted by molar-refractivity contribution is 5.83. The minimum absolute atomic E-state index is 0.712. The van der Waals surface area contributed by atoms with Crippen molar-refractivity contribution in [1.82, 2.24) is 4.90 Å². The summed E-state index contributed by atoms with van der Waals surface area (Å²) >= 11 is 0. The van der Waals surface area contributed by atoms with Crippen LogP contribution in [0.25, 0.3) is 11.0 Å². The molecule has 4 heteroatoms. The van der Waals surface area contributed by atoms with Crippen LogP contribution in [0.2, 0.25) is 0 Å². The molecule has 4 nitrogen and oxygen atoms in total. The molecule has 0 spiro atoms. The molecule has 4 rings (SSSR count). The molecule has 0 unspecified atom stereocenters. The number of nitrogens with zero attached hydrogens (tertiary/aromatic N) is 3. The zero-order chi connectivity index (χ0) is 15.8. The molecule has 0 amide bonds. The predicted octanol–water partition coefficient (Wildman–Crippen LogP) is 3.89. The largest absolute Gasteiger partial charge is 0.464 e. The van der Waals surface area contributed by atoms with Gasteiger partial charge in [0.25, 0.3) is 0 Å². The molecule has 114 valence electrons. The Morgan fingerprint density at radius 1 is 1.09 bits per heavy atom. The predicted molar refractivity (Wildman–Crippen MR) is 90.7 cm³/mol. The summed E-state index contributed by atoms with van der Waals surface area (Å²) in [7, 11) is 2.12. The molecular formula is C19H17N3O. The van der Waals surface area contributed by atoms with E-state index in [0.717, 1.165) is 36.3 Å². The Labute approximate surface area is 135 Å². The third kappa shape index (κ3) is 2.45. The second-order valence-corrected chi connectivity index (χ2v) is 5.99. The third-order valence-corrected chi connectivity index (χ3v) is 4.39. The van der Waals surface area contributed by atoms with E-state index in [9.17, 15) is 0 Å². The van der Waals surface area contributed by atoms with Crippen LogP contribution in [0.3, 0.4) is 0 Å². The zero-order valence-electron chi connectivity index (χ0n) is 13.0. The van der Waals surface area contributed by atoms with Gasteiger partial charge in [0.15, 0.2) is 0 Å². The van der Waals surface area contributed by atoms with Gasteiger partial charge in [-0.15, -0.1) is 0 Å². The molecule has 1 aromatic heterocycles. The summed E-state index contributed by atoms with van der Waals surface area (Å²) in [6, 6.07) is 16.5. The second kappa shape index (κ2) is 5.45. The Balaban J connectivity index is 1.83. The van der Waals surface area contributed by atoms with Gasteiger partial charge in [0.1, 0.15) is 5.58 Å². The van der Waals surface area contributed by atoms with Gasteiger partial charge < -0.3 is 14.2 Å². The van der Waals surface area contributed by atoms with E-state index >= 15 is 0 Å². The number of anilines is 2. The second-order valence-electron chi connectivity index (χ2n) is 5.99. The molecule has 2 heterocycles. The van der Waals surface area contributed by atoms with Crippen LogP contribution in [-0.4, -0.2) is 25.0 Å². The SMILES string of the molecule is CN1CCN(c2ccc3occc3c2)c2ccc(C#N)cc2C1. The fourth-order valence-corrected chi connectivity index (χ4v) is 3.20. The van der Waals surface area contributed by atoms with Crippen molar-refractivity contribution >= 4 is 22.3 Å². The maximum atomic E-state index is 9.17. The average molecular weight is 303 g/mol. The number of hydrogen-bond acceptors (Lipinski definition) is 4. The monoisotopic (exact) mass is 303 g/mol. The van der Waals surface area contributed by atoms with E-state index in [0.29, 0.717) is 5.56 Å². The van der Waals surface area contributed by atoms with Crippen LogP contribution in [0.4, 0.5) is 11.4 Å². The molecule has 1 aliphatic heterocycles. The van der Waals surface area contributed by atoms with Gasteiger partial charge in [-0.05, 0) is 55.1 Å². The van der Waals surface area contributed by atoms with Crippen molar-refractivity contribution in [3.63, 3.8) is 0 Å². The summed E-state index contributed by atoms with van der Waals surface area (Å²) in [5.74, 6) is 0. The van der Waals surface area contributed by atoms with Gasteiger partial charge in [-0.25, -0.2) is 0 Å². The quantitative estimate of drug-likeness (QED) is 0.684. The summed E-state index contributed by atoms with van der Waals surface area (Å²) in [5, 5.41) is 10.3. The normalized spacial score (nSPS) is 15.2. The minimum atomic E-state index is 0.712. The van der Waals surface area contributed by atoms with E-state index in [-0.39, 0.29) is 0 Å². The first-order chi connectivity index (χ1) is 11.2. The topological polar surface area (TPSA) is 43.4 Å². The Kier molecular flexibility index (Phi) is 3.29. The van der Waals surface area contributed by atoms with Crippen LogP contribution >= 0.6 is 0 Å². The lowest BCUT2D eigenvalue weighted by Gasteiger charge is -2.25. The Morgan fingerprint density at radius 3 is 2.87 bits per heavy atom. The number of benzene rings is 2. The molecule has 0 aliphatic carbocycles. The van der Waals surface area contributed by atoms with Gasteiger partial charge in [-0.2, -0.15) is 5.26 Å². The minimum Gasteiger partial charge on any atom is -0.464 e. The standard InChI is InChI=1S/C19H17N3O/c1-21-7-8-22(17-3-5-19-15(11-17)6-9-23-19)18-4-2-14(12-20)10-16(18)13-21/h2-6,9-11H,7-8,13H2,1H3. The zero-order valence-corrected chi connectivity index (χ0v) is 13.0. The summed E-state index contributed by atoms with van der Waals surface area (Å²) in [5.41, 5.74) is 5.14. The van der Waals surface area contributed by atoms with Crippen molar-refractivity contribution < 1.29 is 4.42 Å². The van der Waals surface area contributed by atoms with Gasteiger partial charge >= 0.3 is 0 Å². The molecule has 0 bridgehead atoms. The van der Waals surface area contributed by atoms with Crippen molar-refractivity contribution in [2.45, 2.75) is 6.54 Å². The van der Waals surface area contributed by atoms with Crippen LogP contribution in [-0.2, 0) is 6.54 Å². The lowest BCUT2D eigenvalue weighted by molar-refractivity contribution is 0.343. The van der Waals surface area contributed by atoms with Crippen LogP contribution < -0.4 is 4.90 Å². The number of rotatable bonds is 1. The van der Waals surface area contributed by atoms with Gasteiger partial charge in [-0.1, -0.05) is 0 Å². The number of furan rings is 1. The van der Waals surface area contributed by atoms with E-state index in [1.807, 2.05) is 24.3 Å². The van der Waals surface area contributed by atoms with Gasteiger partial charge in [0.2, 0.25) is 0 Å². The molecule has 0 saturated carbocycles. The van der Waals surface area contributed by atoms with Gasteiger partial charge in [0, 0.05) is 36.4 Å². The fraction of sp³-hybridized carbons (Fsp3) is 0.211. The van der Waals surface area contributed by atoms with Crippen molar-refractivity contribution in [3.05, 3.63) is 59.9 Å². The first-order valence-electron chi connectivity index (χ1n) is 7.71. The smallest absolute Gasteiger partial charge is 0.133 e. The van der Waals surface area contributed by atoms with Crippen molar-refractivity contribution in [2.75, 3.05) is 25.0 Å². The van der Waals surface area contributed by atoms with E-state index in [1.54, 1.807) is 6.26 Å². The van der Waals surface area contributed by atoms with E-state index < -0.39 is 0 Å². The Hall–Kier alpha value is -2.77. The number of fused-ring (bicyclic) bond motifs is 2. The summed E-state index contributed by atoms with van der Waals surface area (Å²) in [6.45, 7) is 2.74. The van der Waals surface area contributed by atoms with E-state index in [2.05, 4.69) is 41.1 Å². The molecule has 0 atom stereocenters. The number of likely N-dealkylation sites (N-methyl/N-ethyl adjacent to an activating group) is 1. The molecule has 0 fully saturated rings. The molecule has 23 heavy (non-hydrogen) atoms. The molecule has 0 radical (unpaired) electrons. The van der Waals surface area contributed by atoms with Crippen LogP contribution in [0.1, 0.15) is 11.1 Å².